The van der Waals surface area contributed by atoms with Crippen molar-refractivity contribution in [2.45, 2.75) is 19.3 Å². The fraction of sp³-hybridized carbons (Fsp3) is 0.250. The summed E-state index contributed by atoms with van der Waals surface area (Å²) >= 11 is 11.7. The van der Waals surface area contributed by atoms with Gasteiger partial charge >= 0.3 is 5.97 Å². The van der Waals surface area contributed by atoms with Crippen LogP contribution in [0.4, 0.5) is 11.4 Å². The van der Waals surface area contributed by atoms with Crippen LogP contribution in [-0.4, -0.2) is 31.5 Å². The van der Waals surface area contributed by atoms with Crippen LogP contribution in [0, 0.1) is 0 Å². The van der Waals surface area contributed by atoms with E-state index in [1.165, 1.54) is 13.2 Å². The Labute approximate surface area is 178 Å². The fourth-order valence-corrected chi connectivity index (χ4v) is 2.63. The van der Waals surface area contributed by atoms with Gasteiger partial charge in [-0.1, -0.05) is 23.2 Å². The molecule has 0 aliphatic heterocycles. The van der Waals surface area contributed by atoms with Crippen LogP contribution in [-0.2, 0) is 19.1 Å². The molecule has 0 saturated heterocycles. The normalized spacial score (nSPS) is 10.2. The number of nitrogens with one attached hydrogen (secondary N) is 2. The fourth-order valence-electron chi connectivity index (χ4n) is 2.33. The number of anilines is 2. The van der Waals surface area contributed by atoms with Gasteiger partial charge in [-0.3, -0.25) is 14.4 Å². The Morgan fingerprint density at radius 3 is 2.28 bits per heavy atom. The quantitative estimate of drug-likeness (QED) is 0.569. The van der Waals surface area contributed by atoms with E-state index in [9.17, 15) is 14.4 Å². The molecule has 0 unspecified atom stereocenters. The zero-order valence-electron chi connectivity index (χ0n) is 15.7. The number of carbonyl (C=O) groups excluding carboxylic acids is 3. The van der Waals surface area contributed by atoms with Crippen LogP contribution < -0.4 is 15.4 Å². The average molecular weight is 439 g/mol. The highest BCUT2D eigenvalue weighted by Crippen LogP contribution is 2.27. The molecule has 29 heavy (non-hydrogen) atoms. The minimum absolute atomic E-state index is 0.0157. The second kappa shape index (κ2) is 11.3. The molecule has 154 valence electrons. The number of methoxy groups -OCH3 is 1. The minimum atomic E-state index is -0.572. The van der Waals surface area contributed by atoms with E-state index < -0.39 is 18.5 Å². The summed E-state index contributed by atoms with van der Waals surface area (Å²) in [7, 11) is 1.46. The first-order valence-corrected chi connectivity index (χ1v) is 9.47. The standard InChI is InChI=1S/C20H20Cl2N2O5/c1-28-17-10-7-14(22)11-16(17)24-19(26)12-29-20(27)4-2-3-18(25)23-15-8-5-13(21)6-9-15/h5-11H,2-4,12H2,1H3,(H,23,25)(H,24,26). The van der Waals surface area contributed by atoms with Gasteiger partial charge in [0.05, 0.1) is 12.8 Å². The van der Waals surface area contributed by atoms with Gasteiger partial charge in [-0.2, -0.15) is 0 Å². The van der Waals surface area contributed by atoms with Crippen molar-refractivity contribution >= 4 is 52.4 Å². The topological polar surface area (TPSA) is 93.7 Å². The second-order valence-corrected chi connectivity index (χ2v) is 6.83. The Morgan fingerprint density at radius 1 is 0.897 bits per heavy atom. The zero-order chi connectivity index (χ0) is 21.2. The van der Waals surface area contributed by atoms with Crippen LogP contribution in [0.3, 0.4) is 0 Å². The Morgan fingerprint density at radius 2 is 1.59 bits per heavy atom. The molecule has 0 radical (unpaired) electrons. The molecule has 0 aliphatic carbocycles. The molecule has 0 bridgehead atoms. The van der Waals surface area contributed by atoms with Crippen molar-refractivity contribution in [3.63, 3.8) is 0 Å². The number of hydrogen-bond acceptors (Lipinski definition) is 5. The number of carbonyl (C=O) groups is 3. The Kier molecular flexibility index (Phi) is 8.76. The lowest BCUT2D eigenvalue weighted by Crippen LogP contribution is -2.21. The molecule has 7 nitrogen and oxygen atoms in total. The molecular formula is C20H20Cl2N2O5. The first-order valence-electron chi connectivity index (χ1n) is 8.72. The number of benzene rings is 2. The number of halogens is 2. The van der Waals surface area contributed by atoms with E-state index >= 15 is 0 Å². The maximum absolute atomic E-state index is 11.9. The smallest absolute Gasteiger partial charge is 0.306 e. The Hall–Kier alpha value is -2.77. The predicted octanol–water partition coefficient (Wildman–Crippen LogP) is 4.29. The number of amides is 2. The van der Waals surface area contributed by atoms with E-state index in [1.807, 2.05) is 0 Å². The van der Waals surface area contributed by atoms with E-state index in [-0.39, 0.29) is 18.7 Å². The number of rotatable bonds is 9. The first kappa shape index (κ1) is 22.5. The van der Waals surface area contributed by atoms with Gasteiger partial charge in [-0.05, 0) is 48.9 Å². The Bertz CT molecular complexity index is 872. The lowest BCUT2D eigenvalue weighted by molar-refractivity contribution is -0.147. The van der Waals surface area contributed by atoms with Crippen molar-refractivity contribution in [3.05, 3.63) is 52.5 Å². The third-order valence-corrected chi connectivity index (χ3v) is 4.20. The van der Waals surface area contributed by atoms with Crippen molar-refractivity contribution < 1.29 is 23.9 Å². The molecule has 2 amide bonds. The molecule has 0 atom stereocenters. The molecule has 0 saturated carbocycles. The van der Waals surface area contributed by atoms with Crippen LogP contribution >= 0.6 is 23.2 Å². The number of hydrogen-bond donors (Lipinski definition) is 2. The molecule has 0 aliphatic rings. The molecule has 2 N–H and O–H groups in total. The SMILES string of the molecule is COc1ccc(Cl)cc1NC(=O)COC(=O)CCCC(=O)Nc1ccc(Cl)cc1. The summed E-state index contributed by atoms with van der Waals surface area (Å²) in [4.78, 5) is 35.6. The van der Waals surface area contributed by atoms with E-state index in [2.05, 4.69) is 10.6 Å². The van der Waals surface area contributed by atoms with Crippen molar-refractivity contribution in [1.29, 1.82) is 0 Å². The van der Waals surface area contributed by atoms with Crippen LogP contribution in [0.2, 0.25) is 10.0 Å². The third-order valence-electron chi connectivity index (χ3n) is 3.71. The van der Waals surface area contributed by atoms with Gasteiger partial charge in [-0.25, -0.2) is 0 Å². The van der Waals surface area contributed by atoms with Crippen LogP contribution in [0.5, 0.6) is 5.75 Å². The summed E-state index contributed by atoms with van der Waals surface area (Å²) in [5.41, 5.74) is 0.995. The van der Waals surface area contributed by atoms with E-state index in [0.717, 1.165) is 0 Å². The molecular weight excluding hydrogens is 419 g/mol. The summed E-state index contributed by atoms with van der Waals surface area (Å²) in [5.74, 6) is -0.899. The molecule has 9 heteroatoms. The highest BCUT2D eigenvalue weighted by molar-refractivity contribution is 6.31. The Balaban J connectivity index is 1.67. The highest BCUT2D eigenvalue weighted by atomic mass is 35.5. The minimum Gasteiger partial charge on any atom is -0.495 e. The summed E-state index contributed by atoms with van der Waals surface area (Å²) in [6.07, 6.45) is 0.452. The molecule has 2 rings (SSSR count). The van der Waals surface area contributed by atoms with Gasteiger partial charge in [0.1, 0.15) is 5.75 Å². The average Bonchev–Trinajstić information content (AvgIpc) is 2.68. The van der Waals surface area contributed by atoms with Crippen LogP contribution in [0.15, 0.2) is 42.5 Å². The van der Waals surface area contributed by atoms with Crippen molar-refractivity contribution in [2.24, 2.45) is 0 Å². The number of ether oxygens (including phenoxy) is 2. The van der Waals surface area contributed by atoms with Gasteiger partial charge < -0.3 is 20.1 Å². The van der Waals surface area contributed by atoms with Crippen molar-refractivity contribution in [3.8, 4) is 5.75 Å². The summed E-state index contributed by atoms with van der Waals surface area (Å²) < 4.78 is 10.0. The molecule has 0 heterocycles. The van der Waals surface area contributed by atoms with E-state index in [4.69, 9.17) is 32.7 Å². The van der Waals surface area contributed by atoms with Crippen molar-refractivity contribution in [1.82, 2.24) is 0 Å². The maximum atomic E-state index is 11.9. The first-order chi connectivity index (χ1) is 13.9. The second-order valence-electron chi connectivity index (χ2n) is 5.96. The van der Waals surface area contributed by atoms with Gasteiger partial charge in [-0.15, -0.1) is 0 Å². The number of esters is 1. The lowest BCUT2D eigenvalue weighted by atomic mass is 10.2. The molecule has 0 spiro atoms. The van der Waals surface area contributed by atoms with Crippen molar-refractivity contribution in [2.75, 3.05) is 24.4 Å². The van der Waals surface area contributed by atoms with E-state index in [0.29, 0.717) is 33.6 Å². The van der Waals surface area contributed by atoms with E-state index in [1.54, 1.807) is 36.4 Å². The molecule has 2 aromatic carbocycles. The summed E-state index contributed by atoms with van der Waals surface area (Å²) in [5, 5.41) is 6.26. The largest absolute Gasteiger partial charge is 0.495 e. The summed E-state index contributed by atoms with van der Waals surface area (Å²) in [6, 6.07) is 11.5. The molecule has 2 aromatic rings. The molecule has 0 aromatic heterocycles. The predicted molar refractivity (Wildman–Crippen MR) is 112 cm³/mol. The highest BCUT2D eigenvalue weighted by Gasteiger charge is 2.12. The maximum Gasteiger partial charge on any atom is 0.306 e. The van der Waals surface area contributed by atoms with Crippen LogP contribution in [0.1, 0.15) is 19.3 Å². The zero-order valence-corrected chi connectivity index (χ0v) is 17.2. The van der Waals surface area contributed by atoms with Crippen LogP contribution in [0.25, 0.3) is 0 Å². The van der Waals surface area contributed by atoms with Gasteiger partial charge in [0, 0.05) is 28.6 Å². The van der Waals surface area contributed by atoms with Gasteiger partial charge in [0.2, 0.25) is 5.91 Å². The third kappa shape index (κ3) is 8.01. The summed E-state index contributed by atoms with van der Waals surface area (Å²) in [6.45, 7) is -0.453. The molecule has 0 fully saturated rings. The van der Waals surface area contributed by atoms with Gasteiger partial charge in [0.15, 0.2) is 6.61 Å². The lowest BCUT2D eigenvalue weighted by Gasteiger charge is -2.11. The van der Waals surface area contributed by atoms with Gasteiger partial charge in [0.25, 0.3) is 5.91 Å². The monoisotopic (exact) mass is 438 g/mol.